The summed E-state index contributed by atoms with van der Waals surface area (Å²) >= 11 is 0. The summed E-state index contributed by atoms with van der Waals surface area (Å²) in [5, 5.41) is 17.7. The first kappa shape index (κ1) is 19.3. The van der Waals surface area contributed by atoms with Crippen LogP contribution in [0.4, 0.5) is 11.4 Å². The molecule has 3 aromatic carbocycles. The second-order valence-corrected chi connectivity index (χ2v) is 6.93. The molecule has 1 heterocycles. The number of tetrazole rings is 1. The number of hydrogen-bond donors (Lipinski definition) is 2. The number of aromatic nitrogens is 4. The third-order valence-corrected chi connectivity index (χ3v) is 4.72. The zero-order valence-electron chi connectivity index (χ0n) is 16.6. The van der Waals surface area contributed by atoms with E-state index in [2.05, 4.69) is 38.3 Å². The van der Waals surface area contributed by atoms with E-state index in [4.69, 9.17) is 0 Å². The number of aryl methyl sites for hydroxylation is 1. The summed E-state index contributed by atoms with van der Waals surface area (Å²) in [4.78, 5) is 12.5. The van der Waals surface area contributed by atoms with Gasteiger partial charge in [0.2, 0.25) is 5.91 Å². The molecule has 0 aliphatic carbocycles. The summed E-state index contributed by atoms with van der Waals surface area (Å²) in [6.07, 6.45) is 0.762. The Bertz CT molecular complexity index is 1140. The zero-order valence-corrected chi connectivity index (χ0v) is 16.6. The normalized spacial score (nSPS) is 10.6. The molecule has 7 nitrogen and oxygen atoms in total. The Kier molecular flexibility index (Phi) is 5.80. The minimum atomic E-state index is -0.110. The van der Waals surface area contributed by atoms with Gasteiger partial charge in [-0.1, -0.05) is 60.7 Å². The molecule has 0 unspecified atom stereocenters. The molecular formula is C23H22N6O. The van der Waals surface area contributed by atoms with Gasteiger partial charge in [0, 0.05) is 24.0 Å². The quantitative estimate of drug-likeness (QED) is 0.498. The third-order valence-electron chi connectivity index (χ3n) is 4.72. The van der Waals surface area contributed by atoms with Crippen molar-refractivity contribution in [1.82, 2.24) is 20.2 Å². The van der Waals surface area contributed by atoms with E-state index in [0.717, 1.165) is 28.9 Å². The second kappa shape index (κ2) is 9.00. The first-order valence-corrected chi connectivity index (χ1v) is 9.67. The van der Waals surface area contributed by atoms with E-state index in [9.17, 15) is 4.79 Å². The Labute approximate surface area is 174 Å². The van der Waals surface area contributed by atoms with Gasteiger partial charge in [-0.25, -0.2) is 4.68 Å². The van der Waals surface area contributed by atoms with Gasteiger partial charge >= 0.3 is 0 Å². The number of carbonyl (C=O) groups excluding carboxylic acids is 1. The molecule has 0 spiro atoms. The molecule has 0 aliphatic rings. The average Bonchev–Trinajstić information content (AvgIpc) is 3.20. The van der Waals surface area contributed by atoms with Crippen molar-refractivity contribution in [2.75, 3.05) is 17.2 Å². The van der Waals surface area contributed by atoms with Crippen molar-refractivity contribution in [3.63, 3.8) is 0 Å². The van der Waals surface area contributed by atoms with Crippen LogP contribution in [0.25, 0.3) is 11.4 Å². The van der Waals surface area contributed by atoms with Crippen LogP contribution < -0.4 is 10.6 Å². The lowest BCUT2D eigenvalue weighted by atomic mass is 10.0. The van der Waals surface area contributed by atoms with E-state index in [1.165, 1.54) is 5.56 Å². The van der Waals surface area contributed by atoms with Crippen LogP contribution in [0.5, 0.6) is 0 Å². The SMILES string of the molecule is Cn1nnnc1-c1cccc(NCC(=O)Nc2ccccc2Cc2ccccc2)c1. The first-order valence-electron chi connectivity index (χ1n) is 9.67. The van der Waals surface area contributed by atoms with E-state index in [0.29, 0.717) is 5.82 Å². The molecule has 7 heteroatoms. The van der Waals surface area contributed by atoms with Gasteiger partial charge in [-0.05, 0) is 46.2 Å². The average molecular weight is 398 g/mol. The van der Waals surface area contributed by atoms with Crippen LogP contribution in [0.1, 0.15) is 11.1 Å². The van der Waals surface area contributed by atoms with Gasteiger partial charge < -0.3 is 10.6 Å². The summed E-state index contributed by atoms with van der Waals surface area (Å²) in [6.45, 7) is 0.153. The zero-order chi connectivity index (χ0) is 20.8. The minimum Gasteiger partial charge on any atom is -0.376 e. The Balaban J connectivity index is 1.40. The predicted molar refractivity (Wildman–Crippen MR) is 117 cm³/mol. The van der Waals surface area contributed by atoms with Crippen LogP contribution in [0.15, 0.2) is 78.9 Å². The maximum atomic E-state index is 12.5. The molecule has 0 saturated carbocycles. The fourth-order valence-corrected chi connectivity index (χ4v) is 3.23. The molecule has 0 bridgehead atoms. The number of benzene rings is 3. The lowest BCUT2D eigenvalue weighted by molar-refractivity contribution is -0.114. The lowest BCUT2D eigenvalue weighted by Crippen LogP contribution is -2.22. The smallest absolute Gasteiger partial charge is 0.243 e. The Morgan fingerprint density at radius 3 is 2.57 bits per heavy atom. The number of amides is 1. The molecule has 4 rings (SSSR count). The van der Waals surface area contributed by atoms with Gasteiger partial charge in [0.25, 0.3) is 0 Å². The summed E-state index contributed by atoms with van der Waals surface area (Å²) in [6, 6.07) is 25.7. The van der Waals surface area contributed by atoms with E-state index in [1.807, 2.05) is 66.7 Å². The molecular weight excluding hydrogens is 376 g/mol. The highest BCUT2D eigenvalue weighted by atomic mass is 16.1. The van der Waals surface area contributed by atoms with Crippen LogP contribution in [0.3, 0.4) is 0 Å². The molecule has 4 aromatic rings. The van der Waals surface area contributed by atoms with Crippen LogP contribution in [-0.4, -0.2) is 32.7 Å². The number of para-hydroxylation sites is 1. The van der Waals surface area contributed by atoms with Crippen LogP contribution in [0, 0.1) is 0 Å². The molecule has 0 atom stereocenters. The van der Waals surface area contributed by atoms with Crippen LogP contribution in [-0.2, 0) is 18.3 Å². The monoisotopic (exact) mass is 398 g/mol. The number of nitrogens with zero attached hydrogens (tertiary/aromatic N) is 4. The molecule has 1 amide bonds. The fraction of sp³-hybridized carbons (Fsp3) is 0.130. The van der Waals surface area contributed by atoms with Crippen LogP contribution >= 0.6 is 0 Å². The molecule has 0 fully saturated rings. The maximum absolute atomic E-state index is 12.5. The summed E-state index contributed by atoms with van der Waals surface area (Å²) < 4.78 is 1.61. The number of rotatable bonds is 7. The van der Waals surface area contributed by atoms with E-state index < -0.39 is 0 Å². The van der Waals surface area contributed by atoms with Crippen molar-refractivity contribution >= 4 is 17.3 Å². The van der Waals surface area contributed by atoms with Crippen molar-refractivity contribution < 1.29 is 4.79 Å². The number of nitrogens with one attached hydrogen (secondary N) is 2. The fourth-order valence-electron chi connectivity index (χ4n) is 3.23. The number of hydrogen-bond acceptors (Lipinski definition) is 5. The van der Waals surface area contributed by atoms with E-state index in [1.54, 1.807) is 11.7 Å². The highest BCUT2D eigenvalue weighted by molar-refractivity contribution is 5.94. The molecule has 0 radical (unpaired) electrons. The first-order chi connectivity index (χ1) is 14.7. The molecule has 0 aliphatic heterocycles. The van der Waals surface area contributed by atoms with E-state index >= 15 is 0 Å². The lowest BCUT2D eigenvalue weighted by Gasteiger charge is -2.12. The van der Waals surface area contributed by atoms with Gasteiger partial charge in [-0.2, -0.15) is 0 Å². The van der Waals surface area contributed by atoms with Gasteiger partial charge in [0.05, 0.1) is 6.54 Å². The van der Waals surface area contributed by atoms with Crippen molar-refractivity contribution in [3.05, 3.63) is 90.0 Å². The Morgan fingerprint density at radius 2 is 1.77 bits per heavy atom. The van der Waals surface area contributed by atoms with E-state index in [-0.39, 0.29) is 12.5 Å². The Hall–Kier alpha value is -4.00. The molecule has 150 valence electrons. The second-order valence-electron chi connectivity index (χ2n) is 6.93. The highest BCUT2D eigenvalue weighted by Gasteiger charge is 2.09. The summed E-state index contributed by atoms with van der Waals surface area (Å²) in [5.41, 5.74) is 4.80. The van der Waals surface area contributed by atoms with Crippen molar-refractivity contribution in [2.45, 2.75) is 6.42 Å². The maximum Gasteiger partial charge on any atom is 0.243 e. The molecule has 30 heavy (non-hydrogen) atoms. The minimum absolute atomic E-state index is 0.110. The van der Waals surface area contributed by atoms with Crippen molar-refractivity contribution in [2.24, 2.45) is 7.05 Å². The standard InChI is InChI=1S/C23H22N6O/c1-29-23(26-27-28-29)19-11-7-12-20(15-19)24-16-22(30)25-21-13-6-5-10-18(21)14-17-8-3-2-4-9-17/h2-13,15,24H,14,16H2,1H3,(H,25,30). The topological polar surface area (TPSA) is 84.7 Å². The van der Waals surface area contributed by atoms with Crippen molar-refractivity contribution in [3.8, 4) is 11.4 Å². The molecule has 1 aromatic heterocycles. The van der Waals surface area contributed by atoms with Crippen LogP contribution in [0.2, 0.25) is 0 Å². The number of carbonyl (C=O) groups is 1. The third kappa shape index (κ3) is 4.70. The molecule has 0 saturated heterocycles. The summed E-state index contributed by atoms with van der Waals surface area (Å²) in [7, 11) is 1.79. The molecule has 2 N–H and O–H groups in total. The Morgan fingerprint density at radius 1 is 0.967 bits per heavy atom. The van der Waals surface area contributed by atoms with Gasteiger partial charge in [0.1, 0.15) is 0 Å². The van der Waals surface area contributed by atoms with Crippen molar-refractivity contribution in [1.29, 1.82) is 0 Å². The van der Waals surface area contributed by atoms with Gasteiger partial charge in [0.15, 0.2) is 5.82 Å². The highest BCUT2D eigenvalue weighted by Crippen LogP contribution is 2.21. The largest absolute Gasteiger partial charge is 0.376 e. The predicted octanol–water partition coefficient (Wildman–Crippen LogP) is 3.52. The van der Waals surface area contributed by atoms with Gasteiger partial charge in [-0.3, -0.25) is 4.79 Å². The summed E-state index contributed by atoms with van der Waals surface area (Å²) in [5.74, 6) is 0.555. The number of anilines is 2. The van der Waals surface area contributed by atoms with Gasteiger partial charge in [-0.15, -0.1) is 5.10 Å².